The van der Waals surface area contributed by atoms with Gasteiger partial charge in [-0.2, -0.15) is 0 Å². The summed E-state index contributed by atoms with van der Waals surface area (Å²) in [6, 6.07) is 8.98. The first-order valence-corrected chi connectivity index (χ1v) is 10.4. The number of amides is 1. The molecule has 1 aromatic carbocycles. The number of hydrogen-bond acceptors (Lipinski definition) is 5. The molecule has 1 N–H and O–H groups in total. The van der Waals surface area contributed by atoms with E-state index in [1.54, 1.807) is 6.92 Å². The minimum Gasteiger partial charge on any atom is -0.452 e. The number of para-hydroxylation sites is 1. The number of esters is 1. The SMILES string of the molecule is Cc1nc(NC(=O)COC(=O)c2c3c(nc4ccccc24)CCCC3)c(Cl)cc1Cl. The zero-order valence-corrected chi connectivity index (χ0v) is 17.8. The summed E-state index contributed by atoms with van der Waals surface area (Å²) in [6.07, 6.45) is 3.64. The lowest BCUT2D eigenvalue weighted by Crippen LogP contribution is -2.23. The Balaban J connectivity index is 1.54. The van der Waals surface area contributed by atoms with Crippen molar-refractivity contribution in [3.8, 4) is 0 Å². The third-order valence-electron chi connectivity index (χ3n) is 5.07. The first-order chi connectivity index (χ1) is 14.4. The molecular formula is C22H19Cl2N3O3. The molecule has 1 amide bonds. The highest BCUT2D eigenvalue weighted by Gasteiger charge is 2.24. The fourth-order valence-electron chi connectivity index (χ4n) is 3.62. The van der Waals surface area contributed by atoms with Gasteiger partial charge in [0.1, 0.15) is 0 Å². The molecule has 0 bridgehead atoms. The van der Waals surface area contributed by atoms with Crippen LogP contribution in [0.25, 0.3) is 10.9 Å². The van der Waals surface area contributed by atoms with Crippen LogP contribution in [0.3, 0.4) is 0 Å². The molecule has 2 aromatic heterocycles. The predicted molar refractivity (Wildman–Crippen MR) is 116 cm³/mol. The van der Waals surface area contributed by atoms with Crippen molar-refractivity contribution in [3.63, 3.8) is 0 Å². The lowest BCUT2D eigenvalue weighted by Gasteiger charge is -2.20. The minimum absolute atomic E-state index is 0.173. The van der Waals surface area contributed by atoms with Gasteiger partial charge in [-0.1, -0.05) is 41.4 Å². The fourth-order valence-corrected chi connectivity index (χ4v) is 4.03. The lowest BCUT2D eigenvalue weighted by molar-refractivity contribution is -0.119. The Labute approximate surface area is 183 Å². The molecule has 0 saturated carbocycles. The van der Waals surface area contributed by atoms with E-state index in [9.17, 15) is 9.59 Å². The van der Waals surface area contributed by atoms with E-state index >= 15 is 0 Å². The molecule has 0 spiro atoms. The largest absolute Gasteiger partial charge is 0.452 e. The molecular weight excluding hydrogens is 425 g/mol. The normalized spacial score (nSPS) is 13.0. The molecule has 8 heteroatoms. The van der Waals surface area contributed by atoms with Gasteiger partial charge in [-0.25, -0.2) is 9.78 Å². The van der Waals surface area contributed by atoms with Crippen LogP contribution in [0.15, 0.2) is 30.3 Å². The summed E-state index contributed by atoms with van der Waals surface area (Å²) in [7, 11) is 0. The van der Waals surface area contributed by atoms with E-state index < -0.39 is 18.5 Å². The van der Waals surface area contributed by atoms with E-state index in [4.69, 9.17) is 32.9 Å². The van der Waals surface area contributed by atoms with Crippen LogP contribution in [0, 0.1) is 6.92 Å². The number of aryl methyl sites for hydroxylation is 2. The fraction of sp³-hybridized carbons (Fsp3) is 0.273. The molecule has 6 nitrogen and oxygen atoms in total. The topological polar surface area (TPSA) is 81.2 Å². The van der Waals surface area contributed by atoms with Crippen LogP contribution in [-0.4, -0.2) is 28.5 Å². The van der Waals surface area contributed by atoms with E-state index in [0.29, 0.717) is 16.3 Å². The number of nitrogens with zero attached hydrogens (tertiary/aromatic N) is 2. The second kappa shape index (κ2) is 8.58. The van der Waals surface area contributed by atoms with Gasteiger partial charge in [0.15, 0.2) is 12.4 Å². The van der Waals surface area contributed by atoms with Gasteiger partial charge in [0.2, 0.25) is 0 Å². The van der Waals surface area contributed by atoms with E-state index in [1.807, 2.05) is 24.3 Å². The molecule has 0 radical (unpaired) electrons. The third kappa shape index (κ3) is 4.11. The molecule has 0 saturated heterocycles. The summed E-state index contributed by atoms with van der Waals surface area (Å²) in [6.45, 7) is 1.25. The number of nitrogens with one attached hydrogen (secondary N) is 1. The minimum atomic E-state index is -0.535. The number of fused-ring (bicyclic) bond motifs is 2. The van der Waals surface area contributed by atoms with Crippen molar-refractivity contribution in [3.05, 3.63) is 62.9 Å². The molecule has 0 aliphatic heterocycles. The summed E-state index contributed by atoms with van der Waals surface area (Å²) in [5, 5.41) is 3.90. The maximum atomic E-state index is 13.0. The second-order valence-corrected chi connectivity index (χ2v) is 7.96. The van der Waals surface area contributed by atoms with Gasteiger partial charge in [0.05, 0.1) is 26.8 Å². The number of carbonyl (C=O) groups is 2. The van der Waals surface area contributed by atoms with Crippen molar-refractivity contribution in [2.24, 2.45) is 0 Å². The highest BCUT2D eigenvalue weighted by molar-refractivity contribution is 6.36. The third-order valence-corrected chi connectivity index (χ3v) is 5.74. The van der Waals surface area contributed by atoms with Crippen LogP contribution in [-0.2, 0) is 22.4 Å². The van der Waals surface area contributed by atoms with Crippen LogP contribution in [0.5, 0.6) is 0 Å². The first kappa shape index (κ1) is 20.6. The maximum absolute atomic E-state index is 13.0. The van der Waals surface area contributed by atoms with Crippen LogP contribution >= 0.6 is 23.2 Å². The van der Waals surface area contributed by atoms with Crippen LogP contribution in [0.2, 0.25) is 10.0 Å². The molecule has 30 heavy (non-hydrogen) atoms. The average molecular weight is 444 g/mol. The van der Waals surface area contributed by atoms with Crippen molar-refractivity contribution in [1.29, 1.82) is 0 Å². The van der Waals surface area contributed by atoms with Gasteiger partial charge in [-0.3, -0.25) is 9.78 Å². The van der Waals surface area contributed by atoms with Crippen LogP contribution in [0.1, 0.15) is 40.2 Å². The zero-order valence-electron chi connectivity index (χ0n) is 16.3. The summed E-state index contributed by atoms with van der Waals surface area (Å²) in [5.74, 6) is -0.897. The van der Waals surface area contributed by atoms with E-state index in [-0.39, 0.29) is 10.8 Å². The van der Waals surface area contributed by atoms with E-state index in [0.717, 1.165) is 47.8 Å². The Kier molecular flexibility index (Phi) is 5.88. The Bertz CT molecular complexity index is 1160. The molecule has 3 aromatic rings. The summed E-state index contributed by atoms with van der Waals surface area (Å²) in [5.41, 5.74) is 3.64. The molecule has 1 aliphatic rings. The van der Waals surface area contributed by atoms with Gasteiger partial charge in [-0.15, -0.1) is 0 Å². The van der Waals surface area contributed by atoms with Crippen molar-refractivity contribution in [2.75, 3.05) is 11.9 Å². The highest BCUT2D eigenvalue weighted by Crippen LogP contribution is 2.30. The Hall–Kier alpha value is -2.70. The second-order valence-electron chi connectivity index (χ2n) is 7.15. The van der Waals surface area contributed by atoms with Gasteiger partial charge in [-0.05, 0) is 50.3 Å². The smallest absolute Gasteiger partial charge is 0.339 e. The van der Waals surface area contributed by atoms with E-state index in [1.165, 1.54) is 6.07 Å². The number of hydrogen-bond donors (Lipinski definition) is 1. The maximum Gasteiger partial charge on any atom is 0.339 e. The zero-order chi connectivity index (χ0) is 21.3. The summed E-state index contributed by atoms with van der Waals surface area (Å²) in [4.78, 5) is 34.1. The number of benzene rings is 1. The van der Waals surface area contributed by atoms with Crippen LogP contribution < -0.4 is 5.32 Å². The predicted octanol–water partition coefficient (Wildman–Crippen LogP) is 4.92. The first-order valence-electron chi connectivity index (χ1n) is 9.64. The van der Waals surface area contributed by atoms with Gasteiger partial charge in [0.25, 0.3) is 5.91 Å². The van der Waals surface area contributed by atoms with E-state index in [2.05, 4.69) is 10.3 Å². The average Bonchev–Trinajstić information content (AvgIpc) is 2.74. The van der Waals surface area contributed by atoms with Crippen molar-refractivity contribution in [2.45, 2.75) is 32.6 Å². The Morgan fingerprint density at radius 1 is 1.10 bits per heavy atom. The van der Waals surface area contributed by atoms with Gasteiger partial charge in [0, 0.05) is 11.1 Å². The number of rotatable bonds is 4. The van der Waals surface area contributed by atoms with Gasteiger partial charge >= 0.3 is 5.97 Å². The number of carbonyl (C=O) groups excluding carboxylic acids is 2. The molecule has 154 valence electrons. The Morgan fingerprint density at radius 2 is 1.87 bits per heavy atom. The lowest BCUT2D eigenvalue weighted by atomic mass is 9.90. The summed E-state index contributed by atoms with van der Waals surface area (Å²) < 4.78 is 5.35. The number of ether oxygens (including phenoxy) is 1. The van der Waals surface area contributed by atoms with Crippen molar-refractivity contribution >= 4 is 51.8 Å². The molecule has 0 atom stereocenters. The molecule has 0 unspecified atom stereocenters. The molecule has 4 rings (SSSR count). The Morgan fingerprint density at radius 3 is 2.70 bits per heavy atom. The highest BCUT2D eigenvalue weighted by atomic mass is 35.5. The number of pyridine rings is 2. The van der Waals surface area contributed by atoms with Crippen molar-refractivity contribution < 1.29 is 14.3 Å². The number of halogens is 2. The molecule has 0 fully saturated rings. The molecule has 1 aliphatic carbocycles. The summed E-state index contributed by atoms with van der Waals surface area (Å²) >= 11 is 12.0. The standard InChI is InChI=1S/C22H19Cl2N3O3/c1-12-15(23)10-16(24)21(25-12)27-19(28)11-30-22(29)20-13-6-2-4-8-17(13)26-18-9-5-3-7-14(18)20/h2,4,6,8,10H,3,5,7,9,11H2,1H3,(H,25,27,28). The van der Waals surface area contributed by atoms with Crippen molar-refractivity contribution in [1.82, 2.24) is 9.97 Å². The van der Waals surface area contributed by atoms with Gasteiger partial charge < -0.3 is 10.1 Å². The molecule has 2 heterocycles. The number of anilines is 1. The van der Waals surface area contributed by atoms with Crippen LogP contribution in [0.4, 0.5) is 5.82 Å². The quantitative estimate of drug-likeness (QED) is 0.578. The monoisotopic (exact) mass is 443 g/mol. The number of aromatic nitrogens is 2.